The molecule has 7 heteroatoms. The van der Waals surface area contributed by atoms with Crippen LogP contribution in [0, 0.1) is 0 Å². The van der Waals surface area contributed by atoms with E-state index in [0.717, 1.165) is 29.8 Å². The van der Waals surface area contributed by atoms with Crippen molar-refractivity contribution in [1.29, 1.82) is 0 Å². The predicted octanol–water partition coefficient (Wildman–Crippen LogP) is 6.71. The number of carbonyl (C=O) groups is 1. The SMILES string of the molecule is COc1ccc(N(Cc2cccnc2)c2ccc(OC)c(C(=O)OC(C)(C)C)c2)cc1OC1CCCC1. The number of hydrogen-bond acceptors (Lipinski definition) is 7. The minimum atomic E-state index is -0.629. The molecule has 1 aliphatic rings. The average Bonchev–Trinajstić information content (AvgIpc) is 3.39. The second kappa shape index (κ2) is 11.5. The molecule has 37 heavy (non-hydrogen) atoms. The van der Waals surface area contributed by atoms with Crippen LogP contribution in [0.5, 0.6) is 17.2 Å². The van der Waals surface area contributed by atoms with Gasteiger partial charge < -0.3 is 23.8 Å². The van der Waals surface area contributed by atoms with E-state index in [-0.39, 0.29) is 6.10 Å². The van der Waals surface area contributed by atoms with Gasteiger partial charge in [0, 0.05) is 36.4 Å². The van der Waals surface area contributed by atoms with E-state index in [4.69, 9.17) is 18.9 Å². The van der Waals surface area contributed by atoms with Crippen LogP contribution in [-0.2, 0) is 11.3 Å². The molecule has 196 valence electrons. The van der Waals surface area contributed by atoms with Gasteiger partial charge in [0.15, 0.2) is 11.5 Å². The molecule has 1 saturated carbocycles. The lowest BCUT2D eigenvalue weighted by Crippen LogP contribution is -2.24. The van der Waals surface area contributed by atoms with Crippen molar-refractivity contribution >= 4 is 17.3 Å². The highest BCUT2D eigenvalue weighted by Gasteiger charge is 2.24. The number of ether oxygens (including phenoxy) is 4. The van der Waals surface area contributed by atoms with Gasteiger partial charge in [0.25, 0.3) is 0 Å². The van der Waals surface area contributed by atoms with Crippen molar-refractivity contribution in [3.05, 3.63) is 72.1 Å². The van der Waals surface area contributed by atoms with Gasteiger partial charge in [-0.25, -0.2) is 4.79 Å². The first-order valence-corrected chi connectivity index (χ1v) is 12.7. The molecule has 0 bridgehead atoms. The highest BCUT2D eigenvalue weighted by atomic mass is 16.6. The number of pyridine rings is 1. The summed E-state index contributed by atoms with van der Waals surface area (Å²) >= 11 is 0. The lowest BCUT2D eigenvalue weighted by atomic mass is 10.1. The monoisotopic (exact) mass is 504 g/mol. The lowest BCUT2D eigenvalue weighted by molar-refractivity contribution is 0.00665. The highest BCUT2D eigenvalue weighted by molar-refractivity contribution is 5.94. The Hall–Kier alpha value is -3.74. The molecule has 0 radical (unpaired) electrons. The Bertz CT molecular complexity index is 1200. The van der Waals surface area contributed by atoms with Crippen LogP contribution < -0.4 is 19.1 Å². The highest BCUT2D eigenvalue weighted by Crippen LogP contribution is 2.39. The molecule has 0 unspecified atom stereocenters. The van der Waals surface area contributed by atoms with Gasteiger partial charge >= 0.3 is 5.97 Å². The molecule has 1 aliphatic carbocycles. The molecule has 7 nitrogen and oxygen atoms in total. The number of hydrogen-bond donors (Lipinski definition) is 0. The van der Waals surface area contributed by atoms with E-state index in [0.29, 0.717) is 29.4 Å². The summed E-state index contributed by atoms with van der Waals surface area (Å²) in [6.07, 6.45) is 8.23. The number of carbonyl (C=O) groups excluding carboxylic acids is 1. The fraction of sp³-hybridized carbons (Fsp3) is 0.400. The number of rotatable bonds is 9. The first kappa shape index (κ1) is 26.3. The van der Waals surface area contributed by atoms with E-state index in [1.807, 2.05) is 69.4 Å². The van der Waals surface area contributed by atoms with Crippen LogP contribution in [0.3, 0.4) is 0 Å². The lowest BCUT2D eigenvalue weighted by Gasteiger charge is -2.28. The number of benzene rings is 2. The molecular weight excluding hydrogens is 468 g/mol. The van der Waals surface area contributed by atoms with Gasteiger partial charge in [-0.3, -0.25) is 4.98 Å². The minimum absolute atomic E-state index is 0.190. The molecule has 0 aliphatic heterocycles. The zero-order valence-electron chi connectivity index (χ0n) is 22.3. The summed E-state index contributed by atoms with van der Waals surface area (Å²) in [6.45, 7) is 6.07. The van der Waals surface area contributed by atoms with E-state index in [1.54, 1.807) is 26.5 Å². The Balaban J connectivity index is 1.77. The number of aromatic nitrogens is 1. The second-order valence-electron chi connectivity index (χ2n) is 10.2. The Morgan fingerprint density at radius 2 is 1.62 bits per heavy atom. The quantitative estimate of drug-likeness (QED) is 0.300. The topological polar surface area (TPSA) is 70.1 Å². The van der Waals surface area contributed by atoms with Crippen molar-refractivity contribution in [2.24, 2.45) is 0 Å². The normalized spacial score (nSPS) is 13.8. The van der Waals surface area contributed by atoms with Crippen molar-refractivity contribution in [2.45, 2.75) is 64.7 Å². The predicted molar refractivity (Wildman–Crippen MR) is 144 cm³/mol. The van der Waals surface area contributed by atoms with Crippen molar-refractivity contribution < 1.29 is 23.7 Å². The van der Waals surface area contributed by atoms with E-state index in [9.17, 15) is 4.79 Å². The van der Waals surface area contributed by atoms with Gasteiger partial charge in [0.2, 0.25) is 0 Å². The Kier molecular flexibility index (Phi) is 8.21. The average molecular weight is 505 g/mol. The first-order valence-electron chi connectivity index (χ1n) is 12.7. The largest absolute Gasteiger partial charge is 0.496 e. The summed E-state index contributed by atoms with van der Waals surface area (Å²) in [5.41, 5.74) is 2.46. The van der Waals surface area contributed by atoms with Crippen molar-refractivity contribution in [3.8, 4) is 17.2 Å². The maximum absolute atomic E-state index is 13.1. The number of methoxy groups -OCH3 is 2. The zero-order valence-corrected chi connectivity index (χ0v) is 22.3. The molecule has 0 spiro atoms. The maximum atomic E-state index is 13.1. The standard InChI is InChI=1S/C30H36N2O5/c1-30(2,3)37-29(33)25-17-22(12-14-26(25)34-4)32(20-21-9-8-16-31-19-21)23-13-15-27(35-5)28(18-23)36-24-10-6-7-11-24/h8-9,12-19,24H,6-7,10-11,20H2,1-5H3. The molecular formula is C30H36N2O5. The van der Waals surface area contributed by atoms with Gasteiger partial charge in [-0.05, 0) is 88.4 Å². The molecule has 2 aromatic carbocycles. The van der Waals surface area contributed by atoms with Gasteiger partial charge in [0.05, 0.1) is 20.3 Å². The molecule has 0 amide bonds. The second-order valence-corrected chi connectivity index (χ2v) is 10.2. The fourth-order valence-corrected chi connectivity index (χ4v) is 4.47. The molecule has 0 saturated heterocycles. The third-order valence-electron chi connectivity index (χ3n) is 6.23. The van der Waals surface area contributed by atoms with E-state index < -0.39 is 11.6 Å². The molecule has 1 fully saturated rings. The number of anilines is 2. The van der Waals surface area contributed by atoms with Crippen LogP contribution in [0.2, 0.25) is 0 Å². The summed E-state index contributed by atoms with van der Waals surface area (Å²) in [6, 6.07) is 15.4. The summed E-state index contributed by atoms with van der Waals surface area (Å²) < 4.78 is 23.1. The van der Waals surface area contributed by atoms with E-state index in [1.165, 1.54) is 12.8 Å². The van der Waals surface area contributed by atoms with Crippen molar-refractivity contribution in [3.63, 3.8) is 0 Å². The number of nitrogens with zero attached hydrogens (tertiary/aromatic N) is 2. The summed E-state index contributed by atoms with van der Waals surface area (Å²) in [5.74, 6) is 1.43. The van der Waals surface area contributed by atoms with Crippen molar-refractivity contribution in [2.75, 3.05) is 19.1 Å². The van der Waals surface area contributed by atoms with Crippen LogP contribution in [0.1, 0.15) is 62.4 Å². The molecule has 1 heterocycles. The summed E-state index contributed by atoms with van der Waals surface area (Å²) in [4.78, 5) is 19.5. The first-order chi connectivity index (χ1) is 17.8. The Morgan fingerprint density at radius 3 is 2.24 bits per heavy atom. The minimum Gasteiger partial charge on any atom is -0.496 e. The Morgan fingerprint density at radius 1 is 0.946 bits per heavy atom. The van der Waals surface area contributed by atoms with Gasteiger partial charge in [-0.15, -0.1) is 0 Å². The smallest absolute Gasteiger partial charge is 0.342 e. The summed E-state index contributed by atoms with van der Waals surface area (Å²) in [5, 5.41) is 0. The Labute approximate surface area is 219 Å². The molecule has 4 rings (SSSR count). The molecule has 0 N–H and O–H groups in total. The van der Waals surface area contributed by atoms with Crippen LogP contribution in [0.15, 0.2) is 60.9 Å². The van der Waals surface area contributed by atoms with Crippen LogP contribution in [0.4, 0.5) is 11.4 Å². The molecule has 1 aromatic heterocycles. The van der Waals surface area contributed by atoms with Crippen molar-refractivity contribution in [1.82, 2.24) is 4.98 Å². The molecule has 3 aromatic rings. The third-order valence-corrected chi connectivity index (χ3v) is 6.23. The number of esters is 1. The van der Waals surface area contributed by atoms with Crippen LogP contribution >= 0.6 is 0 Å². The fourth-order valence-electron chi connectivity index (χ4n) is 4.47. The third kappa shape index (κ3) is 6.73. The van der Waals surface area contributed by atoms with Crippen LogP contribution in [-0.4, -0.2) is 36.9 Å². The van der Waals surface area contributed by atoms with Crippen LogP contribution in [0.25, 0.3) is 0 Å². The zero-order chi connectivity index (χ0) is 26.4. The van der Waals surface area contributed by atoms with Gasteiger partial charge in [-0.2, -0.15) is 0 Å². The molecule has 0 atom stereocenters. The van der Waals surface area contributed by atoms with E-state index >= 15 is 0 Å². The van der Waals surface area contributed by atoms with Gasteiger partial charge in [-0.1, -0.05) is 6.07 Å². The maximum Gasteiger partial charge on any atom is 0.342 e. The van der Waals surface area contributed by atoms with Gasteiger partial charge in [0.1, 0.15) is 16.9 Å². The van der Waals surface area contributed by atoms with E-state index in [2.05, 4.69) is 9.88 Å². The summed E-state index contributed by atoms with van der Waals surface area (Å²) in [7, 11) is 3.20.